The van der Waals surface area contributed by atoms with Crippen LogP contribution in [0, 0.1) is 0 Å². The molecule has 0 spiro atoms. The quantitative estimate of drug-likeness (QED) is 0.488. The smallest absolute Gasteiger partial charge is 0.399 e. The van der Waals surface area contributed by atoms with Crippen LogP contribution in [0.2, 0.25) is 0 Å². The van der Waals surface area contributed by atoms with Gasteiger partial charge in [0.25, 0.3) is 0 Å². The van der Waals surface area contributed by atoms with Gasteiger partial charge in [-0.3, -0.25) is 4.98 Å². The molecule has 0 amide bonds. The molecule has 1 aliphatic heterocycles. The highest BCUT2D eigenvalue weighted by molar-refractivity contribution is 6.62. The van der Waals surface area contributed by atoms with Gasteiger partial charge in [-0.1, -0.05) is 30.3 Å². The first-order valence-electron chi connectivity index (χ1n) is 9.68. The fraction of sp³-hybridized carbons (Fsp3) is 0.261. The van der Waals surface area contributed by atoms with Crippen molar-refractivity contribution in [3.05, 3.63) is 66.9 Å². The molecule has 4 aromatic rings. The zero-order valence-electron chi connectivity index (χ0n) is 16.6. The van der Waals surface area contributed by atoms with Gasteiger partial charge in [0.1, 0.15) is 0 Å². The molecule has 0 saturated carbocycles. The van der Waals surface area contributed by atoms with Gasteiger partial charge in [-0.25, -0.2) is 0 Å². The van der Waals surface area contributed by atoms with Gasteiger partial charge >= 0.3 is 7.12 Å². The molecule has 0 unspecified atom stereocenters. The van der Waals surface area contributed by atoms with E-state index in [4.69, 9.17) is 9.31 Å². The molecule has 5 rings (SSSR count). The highest BCUT2D eigenvalue weighted by atomic mass is 16.7. The van der Waals surface area contributed by atoms with E-state index in [0.29, 0.717) is 0 Å². The molecule has 1 aliphatic rings. The van der Waals surface area contributed by atoms with E-state index in [-0.39, 0.29) is 18.3 Å². The number of rotatable bonds is 2. The Morgan fingerprint density at radius 3 is 2.32 bits per heavy atom. The van der Waals surface area contributed by atoms with E-state index in [0.717, 1.165) is 33.1 Å². The van der Waals surface area contributed by atoms with Crippen molar-refractivity contribution in [2.24, 2.45) is 0 Å². The van der Waals surface area contributed by atoms with Crippen molar-refractivity contribution in [1.82, 2.24) is 9.55 Å². The summed E-state index contributed by atoms with van der Waals surface area (Å²) in [6.45, 7) is 8.32. The normalized spacial score (nSPS) is 18.2. The van der Waals surface area contributed by atoms with Gasteiger partial charge in [0.15, 0.2) is 0 Å². The molecule has 0 atom stereocenters. The van der Waals surface area contributed by atoms with Crippen LogP contribution >= 0.6 is 0 Å². The van der Waals surface area contributed by atoms with Crippen LogP contribution < -0.4 is 5.46 Å². The van der Waals surface area contributed by atoms with E-state index in [1.807, 2.05) is 12.3 Å². The first-order chi connectivity index (χ1) is 13.4. The average molecular weight is 370 g/mol. The Morgan fingerprint density at radius 2 is 1.54 bits per heavy atom. The van der Waals surface area contributed by atoms with Gasteiger partial charge in [-0.2, -0.15) is 0 Å². The maximum Gasteiger partial charge on any atom is 0.494 e. The molecule has 140 valence electrons. The minimum Gasteiger partial charge on any atom is -0.399 e. The van der Waals surface area contributed by atoms with Crippen molar-refractivity contribution in [1.29, 1.82) is 0 Å². The highest BCUT2D eigenvalue weighted by Crippen LogP contribution is 2.37. The van der Waals surface area contributed by atoms with E-state index < -0.39 is 0 Å². The predicted octanol–water partition coefficient (Wildman–Crippen LogP) is 4.48. The van der Waals surface area contributed by atoms with Crippen molar-refractivity contribution >= 4 is 34.5 Å². The van der Waals surface area contributed by atoms with E-state index in [1.165, 1.54) is 0 Å². The first kappa shape index (κ1) is 17.5. The average Bonchev–Trinajstić information content (AvgIpc) is 3.12. The Hall–Kier alpha value is -2.63. The number of hydrogen-bond acceptors (Lipinski definition) is 3. The lowest BCUT2D eigenvalue weighted by Crippen LogP contribution is -2.41. The standard InChI is InChI=1S/C23H23BN2O2/c1-22(2)23(3,4)28-24(27-22)16-9-7-10-17(15-16)26-19-12-6-5-11-18(19)21-20(26)13-8-14-25-21/h5-15H,1-4H3. The summed E-state index contributed by atoms with van der Waals surface area (Å²) >= 11 is 0. The molecule has 1 saturated heterocycles. The Kier molecular flexibility index (Phi) is 3.70. The summed E-state index contributed by atoms with van der Waals surface area (Å²) in [5.74, 6) is 0. The fourth-order valence-electron chi connectivity index (χ4n) is 3.85. The zero-order chi connectivity index (χ0) is 19.5. The fourth-order valence-corrected chi connectivity index (χ4v) is 3.85. The van der Waals surface area contributed by atoms with Gasteiger partial charge in [0, 0.05) is 17.3 Å². The topological polar surface area (TPSA) is 36.3 Å². The third-order valence-corrected chi connectivity index (χ3v) is 6.08. The molecule has 2 aromatic carbocycles. The number of aromatic nitrogens is 2. The summed E-state index contributed by atoms with van der Waals surface area (Å²) < 4.78 is 14.8. The summed E-state index contributed by atoms with van der Waals surface area (Å²) in [6.07, 6.45) is 1.85. The number of benzene rings is 2. The number of pyridine rings is 1. The first-order valence-corrected chi connectivity index (χ1v) is 9.68. The molecule has 2 aromatic heterocycles. The number of fused-ring (bicyclic) bond motifs is 3. The van der Waals surface area contributed by atoms with Gasteiger partial charge in [0.2, 0.25) is 0 Å². The van der Waals surface area contributed by atoms with Gasteiger partial charge in [-0.15, -0.1) is 0 Å². The largest absolute Gasteiger partial charge is 0.494 e. The molecular weight excluding hydrogens is 347 g/mol. The van der Waals surface area contributed by atoms with E-state index in [9.17, 15) is 0 Å². The molecular formula is C23H23BN2O2. The van der Waals surface area contributed by atoms with Crippen LogP contribution in [-0.4, -0.2) is 27.9 Å². The third-order valence-electron chi connectivity index (χ3n) is 6.08. The Balaban J connectivity index is 1.67. The zero-order valence-corrected chi connectivity index (χ0v) is 16.6. The van der Waals surface area contributed by atoms with Gasteiger partial charge in [-0.05, 0) is 63.5 Å². The Morgan fingerprint density at radius 1 is 0.821 bits per heavy atom. The van der Waals surface area contributed by atoms with Crippen molar-refractivity contribution in [2.75, 3.05) is 0 Å². The van der Waals surface area contributed by atoms with Crippen LogP contribution in [0.15, 0.2) is 66.9 Å². The third kappa shape index (κ3) is 2.50. The van der Waals surface area contributed by atoms with E-state index in [2.05, 4.69) is 91.8 Å². The maximum absolute atomic E-state index is 6.25. The van der Waals surface area contributed by atoms with Gasteiger partial charge in [0.05, 0.1) is 27.8 Å². The summed E-state index contributed by atoms with van der Waals surface area (Å²) in [5, 5.41) is 1.15. The van der Waals surface area contributed by atoms with Crippen LogP contribution in [0.25, 0.3) is 27.6 Å². The number of para-hydroxylation sites is 1. The number of hydrogen-bond donors (Lipinski definition) is 0. The monoisotopic (exact) mass is 370 g/mol. The molecule has 1 fully saturated rings. The SMILES string of the molecule is CC1(C)OB(c2cccc(-n3c4ccccc4c4ncccc43)c2)OC1(C)C. The predicted molar refractivity (Wildman–Crippen MR) is 114 cm³/mol. The minimum absolute atomic E-state index is 0.357. The van der Waals surface area contributed by atoms with Crippen molar-refractivity contribution in [3.8, 4) is 5.69 Å². The van der Waals surface area contributed by atoms with Crippen molar-refractivity contribution < 1.29 is 9.31 Å². The second kappa shape index (κ2) is 5.93. The van der Waals surface area contributed by atoms with E-state index in [1.54, 1.807) is 0 Å². The maximum atomic E-state index is 6.25. The van der Waals surface area contributed by atoms with Crippen molar-refractivity contribution in [3.63, 3.8) is 0 Å². The lowest BCUT2D eigenvalue weighted by Gasteiger charge is -2.32. The Bertz CT molecular complexity index is 1130. The molecule has 0 bridgehead atoms. The molecule has 0 aliphatic carbocycles. The molecule has 5 heteroatoms. The molecule has 3 heterocycles. The van der Waals surface area contributed by atoms with Crippen LogP contribution in [0.5, 0.6) is 0 Å². The summed E-state index contributed by atoms with van der Waals surface area (Å²) in [6, 6.07) is 20.9. The molecule has 0 radical (unpaired) electrons. The molecule has 0 N–H and O–H groups in total. The minimum atomic E-state index is -0.379. The Labute approximate surface area is 165 Å². The lowest BCUT2D eigenvalue weighted by atomic mass is 9.79. The molecule has 4 nitrogen and oxygen atoms in total. The van der Waals surface area contributed by atoms with Crippen LogP contribution in [-0.2, 0) is 9.31 Å². The van der Waals surface area contributed by atoms with E-state index >= 15 is 0 Å². The summed E-state index contributed by atoms with van der Waals surface area (Å²) in [4.78, 5) is 4.62. The lowest BCUT2D eigenvalue weighted by molar-refractivity contribution is 0.00578. The van der Waals surface area contributed by atoms with Gasteiger partial charge < -0.3 is 13.9 Å². The number of nitrogens with zero attached hydrogens (tertiary/aromatic N) is 2. The van der Waals surface area contributed by atoms with Crippen LogP contribution in [0.4, 0.5) is 0 Å². The van der Waals surface area contributed by atoms with Crippen LogP contribution in [0.1, 0.15) is 27.7 Å². The second-order valence-electron chi connectivity index (χ2n) is 8.41. The van der Waals surface area contributed by atoms with Crippen LogP contribution in [0.3, 0.4) is 0 Å². The second-order valence-corrected chi connectivity index (χ2v) is 8.41. The summed E-state index contributed by atoms with van der Waals surface area (Å²) in [5.41, 5.74) is 4.63. The molecule has 28 heavy (non-hydrogen) atoms. The summed E-state index contributed by atoms with van der Waals surface area (Å²) in [7, 11) is -0.379. The highest BCUT2D eigenvalue weighted by Gasteiger charge is 2.51. The van der Waals surface area contributed by atoms with Crippen molar-refractivity contribution in [2.45, 2.75) is 38.9 Å².